The molecule has 0 aliphatic heterocycles. The smallest absolute Gasteiger partial charge is 0.301 e. The molecule has 20 heavy (non-hydrogen) atoms. The first-order valence-corrected chi connectivity index (χ1v) is 6.77. The fraction of sp³-hybridized carbons (Fsp3) is 0.167. The lowest BCUT2D eigenvalue weighted by Crippen LogP contribution is -2.16. The number of aromatic nitrogens is 2. The molecule has 3 nitrogen and oxygen atoms in total. The number of hydrogen-bond donors (Lipinski definition) is 1. The van der Waals surface area contributed by atoms with E-state index in [9.17, 15) is 18.0 Å². The number of benzene rings is 1. The highest BCUT2D eigenvalue weighted by Crippen LogP contribution is 2.28. The van der Waals surface area contributed by atoms with Crippen LogP contribution < -0.4 is 5.56 Å². The van der Waals surface area contributed by atoms with Gasteiger partial charge < -0.3 is 4.98 Å². The summed E-state index contributed by atoms with van der Waals surface area (Å²) in [7, 11) is 0. The summed E-state index contributed by atoms with van der Waals surface area (Å²) < 4.78 is 37.6. The maximum absolute atomic E-state index is 12.5. The Labute approximate surface area is 121 Å². The van der Waals surface area contributed by atoms with Crippen LogP contribution in [0.2, 0.25) is 5.02 Å². The summed E-state index contributed by atoms with van der Waals surface area (Å²) in [4.78, 5) is 16.9. The Balaban J connectivity index is 2.18. The highest BCUT2D eigenvalue weighted by atomic mass is 35.5. The van der Waals surface area contributed by atoms with Crippen LogP contribution in [0.5, 0.6) is 0 Å². The molecular weight excluding hydrogens is 313 g/mol. The largest absolute Gasteiger partial charge is 0.433 e. The number of nitrogens with one attached hydrogen (secondary N) is 1. The molecule has 1 heterocycles. The number of alkyl halides is 3. The number of nitrogens with zero attached hydrogens (tertiary/aromatic N) is 1. The van der Waals surface area contributed by atoms with Crippen molar-refractivity contribution in [1.29, 1.82) is 0 Å². The standard InChI is InChI=1S/C12H8ClF3N2OS/c13-8-3-1-2-7(4-8)6-20-11-17-9(12(14,15)16)5-10(19)18-11/h1-5H,6H2,(H,17,18,19). The zero-order valence-corrected chi connectivity index (χ0v) is 11.4. The lowest BCUT2D eigenvalue weighted by Gasteiger charge is -2.07. The van der Waals surface area contributed by atoms with Crippen molar-refractivity contribution in [3.63, 3.8) is 0 Å². The van der Waals surface area contributed by atoms with Crippen LogP contribution in [0.1, 0.15) is 11.3 Å². The number of rotatable bonds is 3. The van der Waals surface area contributed by atoms with Crippen molar-refractivity contribution in [1.82, 2.24) is 9.97 Å². The Morgan fingerprint density at radius 3 is 2.70 bits per heavy atom. The van der Waals surface area contributed by atoms with Gasteiger partial charge in [0.05, 0.1) is 0 Å². The van der Waals surface area contributed by atoms with Gasteiger partial charge in [-0.05, 0) is 17.7 Å². The number of hydrogen-bond acceptors (Lipinski definition) is 3. The van der Waals surface area contributed by atoms with E-state index in [1.54, 1.807) is 24.3 Å². The first-order valence-electron chi connectivity index (χ1n) is 5.40. The van der Waals surface area contributed by atoms with Crippen LogP contribution in [0.3, 0.4) is 0 Å². The average molecular weight is 321 g/mol. The van der Waals surface area contributed by atoms with Gasteiger partial charge in [-0.1, -0.05) is 35.5 Å². The summed E-state index contributed by atoms with van der Waals surface area (Å²) in [5, 5.41) is 0.457. The van der Waals surface area contributed by atoms with Gasteiger partial charge in [-0.2, -0.15) is 13.2 Å². The first-order chi connectivity index (χ1) is 9.34. The van der Waals surface area contributed by atoms with E-state index in [2.05, 4.69) is 9.97 Å². The lowest BCUT2D eigenvalue weighted by molar-refractivity contribution is -0.141. The molecule has 1 aromatic carbocycles. The van der Waals surface area contributed by atoms with Gasteiger partial charge in [-0.25, -0.2) is 4.98 Å². The van der Waals surface area contributed by atoms with Crippen LogP contribution in [-0.4, -0.2) is 9.97 Å². The van der Waals surface area contributed by atoms with E-state index in [0.717, 1.165) is 17.3 Å². The third kappa shape index (κ3) is 4.01. The van der Waals surface area contributed by atoms with E-state index in [1.165, 1.54) is 0 Å². The second-order valence-corrected chi connectivity index (χ2v) is 5.25. The lowest BCUT2D eigenvalue weighted by atomic mass is 10.2. The number of aromatic amines is 1. The summed E-state index contributed by atoms with van der Waals surface area (Å²) in [6.07, 6.45) is -4.64. The van der Waals surface area contributed by atoms with Crippen LogP contribution in [0.25, 0.3) is 0 Å². The van der Waals surface area contributed by atoms with E-state index >= 15 is 0 Å². The Kier molecular flexibility index (Phi) is 4.39. The van der Waals surface area contributed by atoms with Crippen molar-refractivity contribution in [2.75, 3.05) is 0 Å². The quantitative estimate of drug-likeness (QED) is 0.692. The van der Waals surface area contributed by atoms with E-state index in [1.807, 2.05) is 0 Å². The fourth-order valence-electron chi connectivity index (χ4n) is 1.43. The molecule has 8 heteroatoms. The van der Waals surface area contributed by atoms with Crippen molar-refractivity contribution in [3.05, 3.63) is 57.0 Å². The maximum atomic E-state index is 12.5. The molecule has 2 aromatic rings. The van der Waals surface area contributed by atoms with Gasteiger partial charge in [0, 0.05) is 16.8 Å². The first kappa shape index (κ1) is 14.9. The van der Waals surface area contributed by atoms with Gasteiger partial charge in [-0.15, -0.1) is 0 Å². The van der Waals surface area contributed by atoms with Crippen molar-refractivity contribution in [3.8, 4) is 0 Å². The minimum absolute atomic E-state index is 0.0789. The Morgan fingerprint density at radius 1 is 1.30 bits per heavy atom. The summed E-state index contributed by atoms with van der Waals surface area (Å²) in [6, 6.07) is 7.34. The molecule has 2 rings (SSSR count). The van der Waals surface area contributed by atoms with Crippen molar-refractivity contribution >= 4 is 23.4 Å². The zero-order valence-electron chi connectivity index (χ0n) is 9.87. The molecule has 0 fully saturated rings. The highest BCUT2D eigenvalue weighted by molar-refractivity contribution is 7.98. The average Bonchev–Trinajstić information content (AvgIpc) is 2.35. The van der Waals surface area contributed by atoms with Crippen LogP contribution in [0, 0.1) is 0 Å². The minimum atomic E-state index is -4.64. The maximum Gasteiger partial charge on any atom is 0.433 e. The number of thioether (sulfide) groups is 1. The van der Waals surface area contributed by atoms with Gasteiger partial charge in [0.2, 0.25) is 0 Å². The van der Waals surface area contributed by atoms with Gasteiger partial charge in [0.15, 0.2) is 10.9 Å². The van der Waals surface area contributed by atoms with Crippen LogP contribution in [0.15, 0.2) is 40.3 Å². The molecule has 0 spiro atoms. The second-order valence-electron chi connectivity index (χ2n) is 3.85. The summed E-state index contributed by atoms with van der Waals surface area (Å²) in [5.41, 5.74) is -1.21. The Hall–Kier alpha value is -1.47. The molecule has 0 bridgehead atoms. The molecule has 0 unspecified atom stereocenters. The summed E-state index contributed by atoms with van der Waals surface area (Å²) in [6.45, 7) is 0. The van der Waals surface area contributed by atoms with Gasteiger partial charge in [0.1, 0.15) is 0 Å². The van der Waals surface area contributed by atoms with Crippen LogP contribution in [-0.2, 0) is 11.9 Å². The number of H-pyrrole nitrogens is 1. The predicted molar refractivity (Wildman–Crippen MR) is 70.9 cm³/mol. The molecule has 0 saturated carbocycles. The molecular formula is C12H8ClF3N2OS. The molecule has 1 aromatic heterocycles. The van der Waals surface area contributed by atoms with Crippen LogP contribution in [0.4, 0.5) is 13.2 Å². The molecule has 0 aliphatic carbocycles. The summed E-state index contributed by atoms with van der Waals surface area (Å²) in [5.74, 6) is 0.352. The molecule has 0 radical (unpaired) electrons. The minimum Gasteiger partial charge on any atom is -0.301 e. The van der Waals surface area contributed by atoms with Crippen LogP contribution >= 0.6 is 23.4 Å². The Morgan fingerprint density at radius 2 is 2.05 bits per heavy atom. The predicted octanol–water partition coefficient (Wildman–Crippen LogP) is 3.73. The van der Waals surface area contributed by atoms with E-state index in [4.69, 9.17) is 11.6 Å². The summed E-state index contributed by atoms with van der Waals surface area (Å²) >= 11 is 6.81. The van der Waals surface area contributed by atoms with Gasteiger partial charge >= 0.3 is 6.18 Å². The molecule has 0 atom stereocenters. The fourth-order valence-corrected chi connectivity index (χ4v) is 2.46. The van der Waals surface area contributed by atoms with Crippen molar-refractivity contribution < 1.29 is 13.2 Å². The second kappa shape index (κ2) is 5.88. The third-order valence-corrected chi connectivity index (χ3v) is 3.45. The van der Waals surface area contributed by atoms with Gasteiger partial charge in [-0.3, -0.25) is 4.79 Å². The van der Waals surface area contributed by atoms with E-state index in [0.29, 0.717) is 16.8 Å². The van der Waals surface area contributed by atoms with Gasteiger partial charge in [0.25, 0.3) is 5.56 Å². The van der Waals surface area contributed by atoms with E-state index < -0.39 is 17.4 Å². The Bertz CT molecular complexity index is 672. The van der Waals surface area contributed by atoms with Crippen molar-refractivity contribution in [2.24, 2.45) is 0 Å². The number of halogens is 4. The monoisotopic (exact) mass is 320 g/mol. The SMILES string of the molecule is O=c1cc(C(F)(F)F)nc(SCc2cccc(Cl)c2)[nH]1. The van der Waals surface area contributed by atoms with Crippen molar-refractivity contribution in [2.45, 2.75) is 17.1 Å². The highest BCUT2D eigenvalue weighted by Gasteiger charge is 2.33. The molecule has 1 N–H and O–H groups in total. The topological polar surface area (TPSA) is 45.8 Å². The normalized spacial score (nSPS) is 11.6. The zero-order chi connectivity index (χ0) is 14.8. The molecule has 106 valence electrons. The third-order valence-electron chi connectivity index (χ3n) is 2.27. The molecule has 0 saturated heterocycles. The van der Waals surface area contributed by atoms with E-state index in [-0.39, 0.29) is 5.16 Å². The molecule has 0 aliphatic rings. The molecule has 0 amide bonds.